The molecule has 0 fully saturated rings. The van der Waals surface area contributed by atoms with Gasteiger partial charge in [-0.1, -0.05) is 41.9 Å². The highest BCUT2D eigenvalue weighted by molar-refractivity contribution is 9.10. The summed E-state index contributed by atoms with van der Waals surface area (Å²) in [7, 11) is 0. The van der Waals surface area contributed by atoms with Crippen molar-refractivity contribution in [1.82, 2.24) is 9.78 Å². The van der Waals surface area contributed by atoms with Gasteiger partial charge in [0.05, 0.1) is 5.69 Å². The molecule has 0 radical (unpaired) electrons. The molecule has 7 heteroatoms. The number of nitrogens with zero attached hydrogens (tertiary/aromatic N) is 2. The van der Waals surface area contributed by atoms with Crippen molar-refractivity contribution in [2.24, 2.45) is 0 Å². The van der Waals surface area contributed by atoms with Gasteiger partial charge in [0.15, 0.2) is 5.69 Å². The zero-order chi connectivity index (χ0) is 16.6. The molecule has 0 atom stereocenters. The molecule has 3 aromatic rings. The van der Waals surface area contributed by atoms with Crippen LogP contribution < -0.4 is 0 Å². The number of benzene rings is 2. The third-order valence-electron chi connectivity index (χ3n) is 3.23. The number of rotatable bonds is 2. The van der Waals surface area contributed by atoms with Crippen molar-refractivity contribution in [3.63, 3.8) is 0 Å². The fourth-order valence-electron chi connectivity index (χ4n) is 2.21. The summed E-state index contributed by atoms with van der Waals surface area (Å²) in [6.07, 6.45) is -4.57. The van der Waals surface area contributed by atoms with Gasteiger partial charge in [0.25, 0.3) is 0 Å². The van der Waals surface area contributed by atoms with Crippen LogP contribution in [-0.4, -0.2) is 9.78 Å². The van der Waals surface area contributed by atoms with E-state index in [1.165, 1.54) is 16.8 Å². The minimum absolute atomic E-state index is 0.0157. The van der Waals surface area contributed by atoms with E-state index in [9.17, 15) is 13.2 Å². The van der Waals surface area contributed by atoms with Crippen molar-refractivity contribution in [2.45, 2.75) is 6.18 Å². The number of alkyl halides is 3. The van der Waals surface area contributed by atoms with Gasteiger partial charge in [-0.15, -0.1) is 0 Å². The fraction of sp³-hybridized carbons (Fsp3) is 0.0625. The largest absolute Gasteiger partial charge is 0.435 e. The van der Waals surface area contributed by atoms with E-state index < -0.39 is 11.9 Å². The molecule has 0 N–H and O–H groups in total. The Morgan fingerprint density at radius 3 is 2.13 bits per heavy atom. The first-order valence-corrected chi connectivity index (χ1v) is 7.72. The molecule has 2 nitrogen and oxygen atoms in total. The Bertz CT molecular complexity index is 827. The van der Waals surface area contributed by atoms with Crippen molar-refractivity contribution in [1.29, 1.82) is 0 Å². The third-order valence-corrected chi connectivity index (χ3v) is 4.22. The van der Waals surface area contributed by atoms with Crippen LogP contribution in [0.15, 0.2) is 59.2 Å². The summed E-state index contributed by atoms with van der Waals surface area (Å²) in [6, 6.07) is 14.8. The van der Waals surface area contributed by atoms with E-state index in [2.05, 4.69) is 21.0 Å². The van der Waals surface area contributed by atoms with Crippen LogP contribution in [0.5, 0.6) is 0 Å². The summed E-state index contributed by atoms with van der Waals surface area (Å²) in [6.45, 7) is 0. The van der Waals surface area contributed by atoms with Crippen molar-refractivity contribution in [3.8, 4) is 16.8 Å². The van der Waals surface area contributed by atoms with E-state index in [1.807, 2.05) is 0 Å². The summed E-state index contributed by atoms with van der Waals surface area (Å²) < 4.78 is 41.7. The fourth-order valence-corrected chi connectivity index (χ4v) is 3.04. The van der Waals surface area contributed by atoms with Crippen molar-refractivity contribution in [3.05, 3.63) is 69.9 Å². The highest BCUT2D eigenvalue weighted by Crippen LogP contribution is 2.41. The molecule has 2 aromatic carbocycles. The van der Waals surface area contributed by atoms with E-state index in [0.717, 1.165) is 0 Å². The molecule has 0 unspecified atom stereocenters. The zero-order valence-corrected chi connectivity index (χ0v) is 13.8. The van der Waals surface area contributed by atoms with Gasteiger partial charge in [0.1, 0.15) is 4.60 Å². The van der Waals surface area contributed by atoms with Gasteiger partial charge in [-0.25, -0.2) is 4.68 Å². The zero-order valence-electron chi connectivity index (χ0n) is 11.5. The molecule has 0 aliphatic rings. The van der Waals surface area contributed by atoms with Gasteiger partial charge in [-0.2, -0.15) is 18.3 Å². The lowest BCUT2D eigenvalue weighted by Gasteiger charge is -2.06. The topological polar surface area (TPSA) is 17.8 Å². The van der Waals surface area contributed by atoms with Crippen LogP contribution in [-0.2, 0) is 6.18 Å². The minimum atomic E-state index is -4.57. The van der Waals surface area contributed by atoms with Gasteiger partial charge < -0.3 is 0 Å². The number of halogens is 5. The highest BCUT2D eigenvalue weighted by Gasteiger charge is 2.39. The summed E-state index contributed by atoms with van der Waals surface area (Å²) in [5, 5.41) is 4.21. The summed E-state index contributed by atoms with van der Waals surface area (Å²) in [4.78, 5) is 0. The van der Waals surface area contributed by atoms with E-state index in [-0.39, 0.29) is 10.2 Å². The molecule has 0 aliphatic heterocycles. The minimum Gasteiger partial charge on any atom is -0.225 e. The van der Waals surface area contributed by atoms with E-state index in [0.29, 0.717) is 16.3 Å². The maximum absolute atomic E-state index is 13.4. The van der Waals surface area contributed by atoms with Crippen LogP contribution in [0.2, 0.25) is 5.02 Å². The second-order valence-electron chi connectivity index (χ2n) is 4.77. The quantitative estimate of drug-likeness (QED) is 0.517. The molecule has 0 saturated carbocycles. The molecule has 0 aliphatic carbocycles. The second kappa shape index (κ2) is 6.02. The van der Waals surface area contributed by atoms with Crippen LogP contribution in [0.4, 0.5) is 13.2 Å². The molecule has 118 valence electrons. The Balaban J connectivity index is 2.25. The van der Waals surface area contributed by atoms with Gasteiger partial charge in [0, 0.05) is 10.6 Å². The monoisotopic (exact) mass is 400 g/mol. The smallest absolute Gasteiger partial charge is 0.225 e. The number of hydrogen-bond acceptors (Lipinski definition) is 1. The van der Waals surface area contributed by atoms with Gasteiger partial charge in [0.2, 0.25) is 0 Å². The Hall–Kier alpha value is -1.79. The number of para-hydroxylation sites is 1. The molecule has 0 bridgehead atoms. The second-order valence-corrected chi connectivity index (χ2v) is 5.95. The first-order valence-electron chi connectivity index (χ1n) is 6.55. The Labute approximate surface area is 143 Å². The maximum Gasteiger partial charge on any atom is 0.435 e. The lowest BCUT2D eigenvalue weighted by atomic mass is 10.1. The lowest BCUT2D eigenvalue weighted by molar-refractivity contribution is -0.140. The van der Waals surface area contributed by atoms with Crippen LogP contribution in [0.3, 0.4) is 0 Å². The molecule has 1 heterocycles. The molecular formula is C16H9BrClF3N2. The van der Waals surface area contributed by atoms with Crippen LogP contribution in [0.1, 0.15) is 5.69 Å². The van der Waals surface area contributed by atoms with Gasteiger partial charge in [-0.3, -0.25) is 0 Å². The average Bonchev–Trinajstić information content (AvgIpc) is 2.87. The predicted molar refractivity (Wildman–Crippen MR) is 86.7 cm³/mol. The summed E-state index contributed by atoms with van der Waals surface area (Å²) >= 11 is 9.07. The highest BCUT2D eigenvalue weighted by atomic mass is 79.9. The van der Waals surface area contributed by atoms with Crippen molar-refractivity contribution < 1.29 is 13.2 Å². The number of aromatic nitrogens is 2. The van der Waals surface area contributed by atoms with E-state index in [1.54, 1.807) is 42.5 Å². The molecule has 3 rings (SSSR count). The predicted octanol–water partition coefficient (Wildman–Crippen LogP) is 5.97. The van der Waals surface area contributed by atoms with Crippen LogP contribution >= 0.6 is 27.5 Å². The normalized spacial score (nSPS) is 11.7. The van der Waals surface area contributed by atoms with Crippen molar-refractivity contribution >= 4 is 27.5 Å². The molecule has 0 saturated heterocycles. The standard InChI is InChI=1S/C16H9BrClF3N2/c17-15-13(10-6-8-11(18)9-7-10)14(16(19,20)21)22-23(15)12-4-2-1-3-5-12/h1-9H. The Morgan fingerprint density at radius 1 is 0.957 bits per heavy atom. The SMILES string of the molecule is FC(F)(F)c1nn(-c2ccccc2)c(Br)c1-c1ccc(Cl)cc1. The third kappa shape index (κ3) is 3.14. The first kappa shape index (κ1) is 16.1. The summed E-state index contributed by atoms with van der Waals surface area (Å²) in [5.41, 5.74) is -0.0468. The first-order chi connectivity index (χ1) is 10.9. The van der Waals surface area contributed by atoms with E-state index >= 15 is 0 Å². The molecular weight excluding hydrogens is 393 g/mol. The number of hydrogen-bond donors (Lipinski definition) is 0. The van der Waals surface area contributed by atoms with Crippen LogP contribution in [0, 0.1) is 0 Å². The Kier molecular flexibility index (Phi) is 4.21. The van der Waals surface area contributed by atoms with Crippen LogP contribution in [0.25, 0.3) is 16.8 Å². The lowest BCUT2D eigenvalue weighted by Crippen LogP contribution is -2.08. The molecule has 1 aromatic heterocycles. The van der Waals surface area contributed by atoms with Gasteiger partial charge >= 0.3 is 6.18 Å². The van der Waals surface area contributed by atoms with Crippen molar-refractivity contribution in [2.75, 3.05) is 0 Å². The average molecular weight is 402 g/mol. The van der Waals surface area contributed by atoms with E-state index in [4.69, 9.17) is 11.6 Å². The Morgan fingerprint density at radius 2 is 1.57 bits per heavy atom. The summed E-state index contributed by atoms with van der Waals surface area (Å²) in [5.74, 6) is 0. The van der Waals surface area contributed by atoms with Gasteiger partial charge in [-0.05, 0) is 45.8 Å². The molecule has 23 heavy (non-hydrogen) atoms. The molecule has 0 amide bonds. The maximum atomic E-state index is 13.4. The molecule has 0 spiro atoms.